The van der Waals surface area contributed by atoms with Gasteiger partial charge in [0.1, 0.15) is 0 Å². The number of para-hydroxylation sites is 6. The Morgan fingerprint density at radius 3 is 0.956 bits per heavy atom. The van der Waals surface area contributed by atoms with Gasteiger partial charge in [-0.25, -0.2) is 0 Å². The molecule has 4 nitrogen and oxygen atoms in total. The minimum atomic E-state index is 0. The van der Waals surface area contributed by atoms with Gasteiger partial charge in [-0.2, -0.15) is 0 Å². The van der Waals surface area contributed by atoms with E-state index < -0.39 is 0 Å². The van der Waals surface area contributed by atoms with Gasteiger partial charge in [0.15, 0.2) is 0 Å². The summed E-state index contributed by atoms with van der Waals surface area (Å²) in [6, 6.07) is 129. The van der Waals surface area contributed by atoms with Gasteiger partial charge in [-0.1, -0.05) is 246 Å². The molecule has 0 aliphatic heterocycles. The average molecular weight is 1220 g/mol. The van der Waals surface area contributed by atoms with Gasteiger partial charge >= 0.3 is 0 Å². The van der Waals surface area contributed by atoms with Crippen molar-refractivity contribution in [2.75, 3.05) is 10.2 Å². The Labute approximate surface area is 535 Å². The minimum Gasteiger partial charge on any atom is -0.358 e. The maximum Gasteiger partial charge on any atom is 0.0541 e. The minimum absolute atomic E-state index is 0. The van der Waals surface area contributed by atoms with Crippen LogP contribution in [-0.2, 0) is 0 Å². The second-order valence-electron chi connectivity index (χ2n) is 21.9. The Morgan fingerprint density at radius 2 is 0.522 bits per heavy atom. The number of anilines is 5. The van der Waals surface area contributed by atoms with Crippen LogP contribution in [0.3, 0.4) is 0 Å². The van der Waals surface area contributed by atoms with Crippen molar-refractivity contribution in [3.05, 3.63) is 376 Å². The van der Waals surface area contributed by atoms with Crippen molar-refractivity contribution < 1.29 is 0 Å². The molecule has 2 aromatic heterocycles. The number of hydrogen-bond acceptors (Lipinski definition) is 2. The molecule has 0 atom stereocenters. The highest BCUT2D eigenvalue weighted by molar-refractivity contribution is 9.10. The molecule has 2 heterocycles. The van der Waals surface area contributed by atoms with Gasteiger partial charge in [-0.05, 0) is 178 Å². The fourth-order valence-corrected chi connectivity index (χ4v) is 12.2. The average Bonchev–Trinajstić information content (AvgIpc) is 1.65. The van der Waals surface area contributed by atoms with Gasteiger partial charge in [0, 0.05) is 65.8 Å². The number of fused-ring (bicyclic) bond motifs is 6. The van der Waals surface area contributed by atoms with E-state index in [0.29, 0.717) is 0 Å². The molecule has 0 fully saturated rings. The Hall–Kier alpha value is -11.2. The molecule has 0 saturated heterocycles. The maximum absolute atomic E-state index is 3.45. The van der Waals surface area contributed by atoms with Gasteiger partial charge in [0.05, 0.1) is 22.1 Å². The van der Waals surface area contributed by atoms with Crippen molar-refractivity contribution in [1.29, 1.82) is 0 Å². The van der Waals surface area contributed by atoms with Gasteiger partial charge in [-0.3, -0.25) is 0 Å². The molecule has 432 valence electrons. The van der Waals surface area contributed by atoms with E-state index in [2.05, 4.69) is 375 Å². The van der Waals surface area contributed by atoms with E-state index >= 15 is 0 Å². The molecule has 0 unspecified atom stereocenters. The molecule has 16 rings (SSSR count). The number of nitrogens with one attached hydrogen (secondary N) is 1. The SMILES string of the molecule is Brc1ccc(-c2ccccc2)cc1.[CH3-].c1ccc(-c2ccc(N(c3ccccc3)c3ccc(-c4ccc5c(c4)c4ccccc4n5-c4ccccc4)cc3)cc2)cc1.c1ccc(Nc2ccc(-c3ccc4c(c3)c3ccccc3n4-c3ccccc3)cc2)cc1. The van der Waals surface area contributed by atoms with Crippen LogP contribution in [0.1, 0.15) is 0 Å². The lowest BCUT2D eigenvalue weighted by Crippen LogP contribution is -2.09. The van der Waals surface area contributed by atoms with E-state index in [4.69, 9.17) is 0 Å². The number of hydrogen-bond donors (Lipinski definition) is 1. The van der Waals surface area contributed by atoms with Crippen LogP contribution in [0.5, 0.6) is 0 Å². The molecule has 0 saturated carbocycles. The fraction of sp³-hybridized carbons (Fsp3) is 0. The standard InChI is InChI=1S/C42H30N2.C30H22N2.C12H9Br.CH3/c1-4-12-31(13-5-1)32-20-25-37(26-21-32)43(35-14-6-2-7-15-35)38-27-22-33(23-28-38)34-24-29-42-40(30-34)39-18-10-11-19-41(39)44(42)36-16-8-3-9-17-36;1-3-9-24(10-4-1)31-25-18-15-22(16-19-25)23-17-20-30-28(21-23)27-13-7-8-14-29(27)32(30)26-11-5-2-6-12-26;13-12-8-6-11(7-9-12)10-4-2-1-3-5-10;/h1-30H;1-21,31H;1-9H;1H3/q;;;-1. The van der Waals surface area contributed by atoms with Gasteiger partial charge in [-0.15, -0.1) is 0 Å². The first-order valence-electron chi connectivity index (χ1n) is 30.1. The first kappa shape index (κ1) is 57.8. The van der Waals surface area contributed by atoms with Crippen LogP contribution in [0, 0.1) is 7.43 Å². The fourth-order valence-electron chi connectivity index (χ4n) is 12.0. The third-order valence-corrected chi connectivity index (χ3v) is 16.8. The monoisotopic (exact) mass is 1220 g/mol. The third kappa shape index (κ3) is 12.4. The lowest BCUT2D eigenvalue weighted by Gasteiger charge is -2.26. The Kier molecular flexibility index (Phi) is 17.2. The van der Waals surface area contributed by atoms with Gasteiger partial charge < -0.3 is 26.8 Å². The van der Waals surface area contributed by atoms with Crippen molar-refractivity contribution >= 4 is 88.0 Å². The first-order valence-corrected chi connectivity index (χ1v) is 30.9. The van der Waals surface area contributed by atoms with E-state index in [-0.39, 0.29) is 7.43 Å². The van der Waals surface area contributed by atoms with Crippen molar-refractivity contribution in [1.82, 2.24) is 9.13 Å². The Balaban J connectivity index is 0.000000141. The summed E-state index contributed by atoms with van der Waals surface area (Å²) in [4.78, 5) is 2.31. The molecular weight excluding hydrogens is 1160 g/mol. The summed E-state index contributed by atoms with van der Waals surface area (Å²) >= 11 is 3.42. The highest BCUT2D eigenvalue weighted by Gasteiger charge is 2.17. The van der Waals surface area contributed by atoms with E-state index in [1.165, 1.54) is 99.5 Å². The Bertz CT molecular complexity index is 4980. The summed E-state index contributed by atoms with van der Waals surface area (Å²) in [5.74, 6) is 0. The normalized spacial score (nSPS) is 10.9. The molecule has 90 heavy (non-hydrogen) atoms. The van der Waals surface area contributed by atoms with Crippen LogP contribution < -0.4 is 10.2 Å². The highest BCUT2D eigenvalue weighted by atomic mass is 79.9. The number of nitrogens with zero attached hydrogens (tertiary/aromatic N) is 3. The van der Waals surface area contributed by atoms with Gasteiger partial charge in [0.25, 0.3) is 0 Å². The smallest absolute Gasteiger partial charge is 0.0541 e. The number of halogens is 1. The predicted octanol–water partition coefficient (Wildman–Crippen LogP) is 24.3. The van der Waals surface area contributed by atoms with Crippen LogP contribution in [0.25, 0.3) is 99.5 Å². The topological polar surface area (TPSA) is 25.1 Å². The summed E-state index contributed by atoms with van der Waals surface area (Å²) in [5, 5.41) is 8.52. The summed E-state index contributed by atoms with van der Waals surface area (Å²) in [6.07, 6.45) is 0. The van der Waals surface area contributed by atoms with Crippen molar-refractivity contribution in [2.45, 2.75) is 0 Å². The van der Waals surface area contributed by atoms with Crippen LogP contribution in [0.4, 0.5) is 28.4 Å². The molecule has 0 radical (unpaired) electrons. The maximum atomic E-state index is 3.45. The highest BCUT2D eigenvalue weighted by Crippen LogP contribution is 2.40. The largest absolute Gasteiger partial charge is 0.358 e. The molecule has 0 aliphatic carbocycles. The Morgan fingerprint density at radius 1 is 0.233 bits per heavy atom. The summed E-state index contributed by atoms with van der Waals surface area (Å²) in [7, 11) is 0. The quantitative estimate of drug-likeness (QED) is 0.131. The molecule has 16 aromatic rings. The summed E-state index contributed by atoms with van der Waals surface area (Å²) in [5.41, 5.74) is 22.6. The lowest BCUT2D eigenvalue weighted by atomic mass is 10.0. The molecule has 0 amide bonds. The zero-order valence-corrected chi connectivity index (χ0v) is 51.4. The van der Waals surface area contributed by atoms with Crippen molar-refractivity contribution in [2.24, 2.45) is 0 Å². The zero-order valence-electron chi connectivity index (χ0n) is 49.9. The molecule has 0 spiro atoms. The van der Waals surface area contributed by atoms with E-state index in [1.54, 1.807) is 0 Å². The number of aromatic nitrogens is 2. The molecule has 0 aliphatic rings. The van der Waals surface area contributed by atoms with Crippen molar-refractivity contribution in [3.63, 3.8) is 0 Å². The third-order valence-electron chi connectivity index (χ3n) is 16.3. The lowest BCUT2D eigenvalue weighted by molar-refractivity contribution is 1.18. The molecule has 0 bridgehead atoms. The number of rotatable bonds is 11. The van der Waals surface area contributed by atoms with E-state index in [9.17, 15) is 0 Å². The zero-order chi connectivity index (χ0) is 59.7. The van der Waals surface area contributed by atoms with E-state index in [1.807, 2.05) is 24.3 Å². The second-order valence-corrected chi connectivity index (χ2v) is 22.8. The van der Waals surface area contributed by atoms with E-state index in [0.717, 1.165) is 32.9 Å². The molecule has 1 N–H and O–H groups in total. The molecular formula is C85H64BrN4-. The van der Waals surface area contributed by atoms with Crippen LogP contribution in [0.15, 0.2) is 368 Å². The van der Waals surface area contributed by atoms with Crippen LogP contribution >= 0.6 is 15.9 Å². The first-order chi connectivity index (χ1) is 44.1. The second kappa shape index (κ2) is 26.8. The van der Waals surface area contributed by atoms with Gasteiger partial charge in [0.2, 0.25) is 0 Å². The predicted molar refractivity (Wildman–Crippen MR) is 388 cm³/mol. The molecule has 5 heteroatoms. The van der Waals surface area contributed by atoms with Crippen LogP contribution in [0.2, 0.25) is 0 Å². The number of benzene rings is 14. The summed E-state index contributed by atoms with van der Waals surface area (Å²) in [6.45, 7) is 0. The van der Waals surface area contributed by atoms with Crippen molar-refractivity contribution in [3.8, 4) is 55.9 Å². The molecule has 14 aromatic carbocycles. The van der Waals surface area contributed by atoms with Crippen LogP contribution in [-0.4, -0.2) is 9.13 Å². The summed E-state index contributed by atoms with van der Waals surface area (Å²) < 4.78 is 5.83.